The van der Waals surface area contributed by atoms with Gasteiger partial charge in [-0.3, -0.25) is 19.2 Å². The van der Waals surface area contributed by atoms with Gasteiger partial charge in [0.1, 0.15) is 30.9 Å². The molecule has 0 spiro atoms. The van der Waals surface area contributed by atoms with Crippen molar-refractivity contribution >= 4 is 34.5 Å². The van der Waals surface area contributed by atoms with E-state index in [-0.39, 0.29) is 43.8 Å². The summed E-state index contributed by atoms with van der Waals surface area (Å²) in [4.78, 5) is 56.8. The molecule has 4 amide bonds. The van der Waals surface area contributed by atoms with Gasteiger partial charge in [0.25, 0.3) is 5.91 Å². The monoisotopic (exact) mass is 567 g/mol. The highest BCUT2D eigenvalue weighted by Gasteiger charge is 2.35. The molecule has 10 heteroatoms. The highest BCUT2D eigenvalue weighted by molar-refractivity contribution is 5.98. The van der Waals surface area contributed by atoms with Crippen molar-refractivity contribution in [1.82, 2.24) is 25.8 Å². The molecule has 42 heavy (non-hydrogen) atoms. The number of carbonyl (C=O) groups is 4. The van der Waals surface area contributed by atoms with Crippen molar-refractivity contribution in [1.29, 1.82) is 0 Å². The van der Waals surface area contributed by atoms with Crippen LogP contribution in [-0.4, -0.2) is 59.3 Å². The van der Waals surface area contributed by atoms with Crippen LogP contribution >= 0.6 is 0 Å². The molecule has 3 aromatic carbocycles. The van der Waals surface area contributed by atoms with Gasteiger partial charge >= 0.3 is 0 Å². The number of nitrogens with zero attached hydrogens (tertiary/aromatic N) is 1. The van der Waals surface area contributed by atoms with Crippen LogP contribution in [0.4, 0.5) is 0 Å². The summed E-state index contributed by atoms with van der Waals surface area (Å²) in [5.74, 6) is -1.00. The van der Waals surface area contributed by atoms with E-state index < -0.39 is 18.0 Å². The Kier molecular flexibility index (Phi) is 8.81. The van der Waals surface area contributed by atoms with Crippen LogP contribution in [0.25, 0.3) is 10.9 Å². The number of ether oxygens (including phenoxy) is 1. The fourth-order valence-electron chi connectivity index (χ4n) is 5.10. The first-order chi connectivity index (χ1) is 20.4. The molecule has 1 saturated heterocycles. The number of para-hydroxylation sites is 2. The van der Waals surface area contributed by atoms with Crippen molar-refractivity contribution in [2.45, 2.75) is 32.0 Å². The Hall–Kier alpha value is -5.12. The van der Waals surface area contributed by atoms with E-state index in [2.05, 4.69) is 20.9 Å². The lowest BCUT2D eigenvalue weighted by atomic mass is 10.0. The SMILES string of the molecule is CCOc1ccccc1CNC(=O)C(Cc1c[nH]c2ccccc12)NC(=O)CN1CC(=O)NC(c2ccccc2)C1=O. The van der Waals surface area contributed by atoms with Crippen LogP contribution in [0, 0.1) is 0 Å². The fourth-order valence-corrected chi connectivity index (χ4v) is 5.10. The molecule has 0 bridgehead atoms. The standard InChI is InChI=1S/C32H33N5O5/c1-2-42-27-15-9-6-12-22(27)17-34-31(40)26(16-23-18-33-25-14-8-7-13-24(23)25)35-28(38)19-37-20-29(39)36-30(32(37)41)21-10-4-3-5-11-21/h3-15,18,26,30,33H,2,16-17,19-20H2,1H3,(H,34,40)(H,35,38)(H,36,39). The van der Waals surface area contributed by atoms with E-state index in [1.807, 2.05) is 67.7 Å². The Balaban J connectivity index is 1.31. The lowest BCUT2D eigenvalue weighted by molar-refractivity contribution is -0.146. The molecule has 2 heterocycles. The van der Waals surface area contributed by atoms with Gasteiger partial charge in [-0.25, -0.2) is 0 Å². The fraction of sp³-hybridized carbons (Fsp3) is 0.250. The maximum atomic E-state index is 13.5. The zero-order chi connectivity index (χ0) is 29.5. The van der Waals surface area contributed by atoms with Crippen molar-refractivity contribution in [3.05, 3.63) is 102 Å². The van der Waals surface area contributed by atoms with Crippen LogP contribution in [0.5, 0.6) is 5.75 Å². The van der Waals surface area contributed by atoms with Gasteiger partial charge in [-0.05, 0) is 30.2 Å². The summed E-state index contributed by atoms with van der Waals surface area (Å²) < 4.78 is 5.68. The quantitative estimate of drug-likeness (QED) is 0.221. The smallest absolute Gasteiger partial charge is 0.250 e. The van der Waals surface area contributed by atoms with Crippen LogP contribution in [0.3, 0.4) is 0 Å². The van der Waals surface area contributed by atoms with E-state index in [1.165, 1.54) is 4.90 Å². The summed E-state index contributed by atoms with van der Waals surface area (Å²) in [6.07, 6.45) is 2.04. The largest absolute Gasteiger partial charge is 0.494 e. The average molecular weight is 568 g/mol. The van der Waals surface area contributed by atoms with Crippen LogP contribution in [0.1, 0.15) is 29.7 Å². The molecule has 1 aliphatic rings. The minimum atomic E-state index is -0.936. The van der Waals surface area contributed by atoms with Crippen LogP contribution in [0.2, 0.25) is 0 Å². The summed E-state index contributed by atoms with van der Waals surface area (Å²) >= 11 is 0. The average Bonchev–Trinajstić information content (AvgIpc) is 3.41. The molecule has 2 unspecified atom stereocenters. The highest BCUT2D eigenvalue weighted by atomic mass is 16.5. The van der Waals surface area contributed by atoms with Gasteiger partial charge in [0.2, 0.25) is 17.7 Å². The molecule has 4 aromatic rings. The van der Waals surface area contributed by atoms with Gasteiger partial charge in [-0.1, -0.05) is 66.7 Å². The minimum absolute atomic E-state index is 0.207. The van der Waals surface area contributed by atoms with Crippen LogP contribution in [-0.2, 0) is 32.1 Å². The van der Waals surface area contributed by atoms with Crippen molar-refractivity contribution in [3.8, 4) is 5.75 Å². The molecule has 1 aliphatic heterocycles. The lowest BCUT2D eigenvalue weighted by Crippen LogP contribution is -2.57. The maximum absolute atomic E-state index is 13.5. The van der Waals surface area contributed by atoms with E-state index in [9.17, 15) is 19.2 Å². The minimum Gasteiger partial charge on any atom is -0.494 e. The molecule has 0 aliphatic carbocycles. The van der Waals surface area contributed by atoms with Gasteiger partial charge in [0.15, 0.2) is 0 Å². The molecule has 10 nitrogen and oxygen atoms in total. The summed E-state index contributed by atoms with van der Waals surface area (Å²) in [6.45, 7) is 1.98. The molecule has 0 saturated carbocycles. The second-order valence-electron chi connectivity index (χ2n) is 10.0. The Morgan fingerprint density at radius 3 is 2.52 bits per heavy atom. The van der Waals surface area contributed by atoms with Crippen LogP contribution < -0.4 is 20.7 Å². The van der Waals surface area contributed by atoms with Gasteiger partial charge in [-0.15, -0.1) is 0 Å². The number of benzene rings is 3. The number of nitrogens with one attached hydrogen (secondary N) is 4. The Morgan fingerprint density at radius 1 is 0.976 bits per heavy atom. The van der Waals surface area contributed by atoms with E-state index >= 15 is 0 Å². The molecule has 4 N–H and O–H groups in total. The van der Waals surface area contributed by atoms with Crippen molar-refractivity contribution in [2.75, 3.05) is 19.7 Å². The van der Waals surface area contributed by atoms with E-state index in [4.69, 9.17) is 4.74 Å². The Labute approximate surface area is 243 Å². The number of rotatable bonds is 11. The van der Waals surface area contributed by atoms with Gasteiger partial charge in [0.05, 0.1) is 6.61 Å². The summed E-state index contributed by atoms with van der Waals surface area (Å²) in [6, 6.07) is 22.2. The Morgan fingerprint density at radius 2 is 1.71 bits per heavy atom. The zero-order valence-corrected chi connectivity index (χ0v) is 23.3. The zero-order valence-electron chi connectivity index (χ0n) is 23.3. The van der Waals surface area contributed by atoms with Gasteiger partial charge in [-0.2, -0.15) is 0 Å². The predicted molar refractivity (Wildman–Crippen MR) is 157 cm³/mol. The van der Waals surface area contributed by atoms with Crippen molar-refractivity contribution in [3.63, 3.8) is 0 Å². The number of piperazine rings is 1. The first-order valence-corrected chi connectivity index (χ1v) is 13.9. The van der Waals surface area contributed by atoms with Gasteiger partial charge < -0.3 is 30.6 Å². The Bertz CT molecular complexity index is 1580. The number of H-pyrrole nitrogens is 1. The molecule has 5 rings (SSSR count). The van der Waals surface area contributed by atoms with E-state index in [0.29, 0.717) is 17.9 Å². The first-order valence-electron chi connectivity index (χ1n) is 13.9. The van der Waals surface area contributed by atoms with Crippen LogP contribution in [0.15, 0.2) is 85.1 Å². The molecular weight excluding hydrogens is 534 g/mol. The number of aromatic nitrogens is 1. The van der Waals surface area contributed by atoms with Crippen molar-refractivity contribution < 1.29 is 23.9 Å². The number of aromatic amines is 1. The third-order valence-electron chi connectivity index (χ3n) is 7.14. The molecular formula is C32H33N5O5. The highest BCUT2D eigenvalue weighted by Crippen LogP contribution is 2.21. The third kappa shape index (κ3) is 6.60. The van der Waals surface area contributed by atoms with E-state index in [1.54, 1.807) is 24.3 Å². The number of hydrogen-bond donors (Lipinski definition) is 4. The lowest BCUT2D eigenvalue weighted by Gasteiger charge is -2.32. The molecule has 0 radical (unpaired) electrons. The third-order valence-corrected chi connectivity index (χ3v) is 7.14. The van der Waals surface area contributed by atoms with Gasteiger partial charge in [0, 0.05) is 35.6 Å². The topological polar surface area (TPSA) is 133 Å². The molecule has 1 aromatic heterocycles. The van der Waals surface area contributed by atoms with E-state index in [0.717, 1.165) is 22.0 Å². The predicted octanol–water partition coefficient (Wildman–Crippen LogP) is 2.61. The normalized spacial score (nSPS) is 15.6. The number of fused-ring (bicyclic) bond motifs is 1. The summed E-state index contributed by atoms with van der Waals surface area (Å²) in [5, 5.41) is 9.38. The number of carbonyl (C=O) groups excluding carboxylic acids is 4. The second kappa shape index (κ2) is 13.0. The number of amides is 4. The summed E-state index contributed by atoms with van der Waals surface area (Å²) in [7, 11) is 0. The molecule has 1 fully saturated rings. The summed E-state index contributed by atoms with van der Waals surface area (Å²) in [5.41, 5.74) is 3.21. The second-order valence-corrected chi connectivity index (χ2v) is 10.0. The number of hydrogen-bond acceptors (Lipinski definition) is 5. The van der Waals surface area contributed by atoms with Crippen molar-refractivity contribution in [2.24, 2.45) is 0 Å². The maximum Gasteiger partial charge on any atom is 0.250 e. The molecule has 216 valence electrons. The first kappa shape index (κ1) is 28.4. The molecule has 2 atom stereocenters.